The lowest BCUT2D eigenvalue weighted by Crippen LogP contribution is -1.94. The average Bonchev–Trinajstić information content (AvgIpc) is 2.89. The third-order valence-electron chi connectivity index (χ3n) is 3.17. The molecule has 1 N–H and O–H groups in total. The number of fused-ring (bicyclic) bond motifs is 1. The Morgan fingerprint density at radius 2 is 1.79 bits per heavy atom. The van der Waals surface area contributed by atoms with Crippen molar-refractivity contribution in [2.75, 3.05) is 6.61 Å². The van der Waals surface area contributed by atoms with Crippen LogP contribution in [0.2, 0.25) is 0 Å². The van der Waals surface area contributed by atoms with Gasteiger partial charge in [-0.1, -0.05) is 25.1 Å². The highest BCUT2D eigenvalue weighted by molar-refractivity contribution is 5.85. The number of para-hydroxylation sites is 1. The van der Waals surface area contributed by atoms with E-state index in [-0.39, 0.29) is 0 Å². The monoisotopic (exact) mass is 251 g/mol. The Morgan fingerprint density at radius 3 is 2.53 bits per heavy atom. The van der Waals surface area contributed by atoms with E-state index in [2.05, 4.69) is 48.3 Å². The quantitative estimate of drug-likeness (QED) is 0.718. The number of hydrogen-bond donors (Lipinski definition) is 1. The molecule has 0 bridgehead atoms. The summed E-state index contributed by atoms with van der Waals surface area (Å²) in [4.78, 5) is 3.43. The van der Waals surface area contributed by atoms with E-state index in [9.17, 15) is 0 Å². The van der Waals surface area contributed by atoms with Crippen LogP contribution in [0.4, 0.5) is 0 Å². The van der Waals surface area contributed by atoms with Gasteiger partial charge in [-0.05, 0) is 48.4 Å². The molecule has 19 heavy (non-hydrogen) atoms. The van der Waals surface area contributed by atoms with Gasteiger partial charge in [0.1, 0.15) is 5.75 Å². The molecule has 0 aliphatic carbocycles. The van der Waals surface area contributed by atoms with Gasteiger partial charge in [-0.15, -0.1) is 0 Å². The van der Waals surface area contributed by atoms with Crippen LogP contribution in [0, 0.1) is 0 Å². The molecule has 3 rings (SSSR count). The number of H-pyrrole nitrogens is 1. The van der Waals surface area contributed by atoms with Gasteiger partial charge in [0.25, 0.3) is 0 Å². The minimum Gasteiger partial charge on any atom is -0.494 e. The molecule has 2 nitrogen and oxygen atoms in total. The normalized spacial score (nSPS) is 10.8. The summed E-state index contributed by atoms with van der Waals surface area (Å²) >= 11 is 0. The van der Waals surface area contributed by atoms with E-state index < -0.39 is 0 Å². The number of benzene rings is 2. The van der Waals surface area contributed by atoms with Gasteiger partial charge >= 0.3 is 0 Å². The van der Waals surface area contributed by atoms with E-state index in [1.165, 1.54) is 16.5 Å². The summed E-state index contributed by atoms with van der Waals surface area (Å²) in [5, 5.41) is 1.24. The summed E-state index contributed by atoms with van der Waals surface area (Å²) in [7, 11) is 0. The van der Waals surface area contributed by atoms with Crippen LogP contribution >= 0.6 is 0 Å². The van der Waals surface area contributed by atoms with Crippen LogP contribution in [0.5, 0.6) is 5.75 Å². The van der Waals surface area contributed by atoms with Crippen LogP contribution < -0.4 is 4.74 Å². The fourth-order valence-electron chi connectivity index (χ4n) is 2.18. The van der Waals surface area contributed by atoms with E-state index >= 15 is 0 Å². The molecule has 1 heterocycles. The first kappa shape index (κ1) is 11.8. The number of rotatable bonds is 4. The van der Waals surface area contributed by atoms with E-state index in [0.29, 0.717) is 0 Å². The Labute approximate surface area is 113 Å². The Morgan fingerprint density at radius 1 is 1.00 bits per heavy atom. The van der Waals surface area contributed by atoms with Gasteiger partial charge in [-0.25, -0.2) is 0 Å². The van der Waals surface area contributed by atoms with Gasteiger partial charge in [0.05, 0.1) is 6.61 Å². The lowest BCUT2D eigenvalue weighted by Gasteiger charge is -2.05. The van der Waals surface area contributed by atoms with E-state index in [1.54, 1.807) is 0 Å². The molecule has 3 aromatic rings. The minimum absolute atomic E-state index is 0.770. The van der Waals surface area contributed by atoms with Crippen LogP contribution in [-0.4, -0.2) is 11.6 Å². The van der Waals surface area contributed by atoms with Crippen LogP contribution in [-0.2, 0) is 0 Å². The second-order valence-corrected chi connectivity index (χ2v) is 4.64. The highest BCUT2D eigenvalue weighted by atomic mass is 16.5. The molecule has 0 aliphatic heterocycles. The largest absolute Gasteiger partial charge is 0.494 e. The average molecular weight is 251 g/mol. The number of nitrogens with one attached hydrogen (secondary N) is 1. The molecule has 0 unspecified atom stereocenters. The lowest BCUT2D eigenvalue weighted by atomic mass is 10.1. The molecule has 96 valence electrons. The molecule has 0 fully saturated rings. The molecule has 0 atom stereocenters. The number of aromatic amines is 1. The van der Waals surface area contributed by atoms with E-state index in [4.69, 9.17) is 4.74 Å². The zero-order valence-electron chi connectivity index (χ0n) is 11.0. The van der Waals surface area contributed by atoms with Gasteiger partial charge in [0, 0.05) is 16.6 Å². The smallest absolute Gasteiger partial charge is 0.119 e. The first-order valence-electron chi connectivity index (χ1n) is 6.68. The maximum absolute atomic E-state index is 5.59. The summed E-state index contributed by atoms with van der Waals surface area (Å²) < 4.78 is 5.59. The molecule has 0 radical (unpaired) electrons. The third-order valence-corrected chi connectivity index (χ3v) is 3.17. The molecular formula is C17H17NO. The van der Waals surface area contributed by atoms with Gasteiger partial charge in [-0.2, -0.15) is 0 Å². The third kappa shape index (κ3) is 2.48. The number of ether oxygens (including phenoxy) is 1. The van der Waals surface area contributed by atoms with Crippen molar-refractivity contribution in [2.45, 2.75) is 13.3 Å². The Hall–Kier alpha value is -2.22. The second-order valence-electron chi connectivity index (χ2n) is 4.64. The zero-order chi connectivity index (χ0) is 13.1. The number of hydrogen-bond acceptors (Lipinski definition) is 1. The zero-order valence-corrected chi connectivity index (χ0v) is 11.0. The fraction of sp³-hybridized carbons (Fsp3) is 0.176. The van der Waals surface area contributed by atoms with Crippen molar-refractivity contribution < 1.29 is 4.74 Å². The minimum atomic E-state index is 0.770. The molecular weight excluding hydrogens is 234 g/mol. The summed E-state index contributed by atoms with van der Waals surface area (Å²) in [5.74, 6) is 0.932. The summed E-state index contributed by atoms with van der Waals surface area (Å²) in [6.07, 6.45) is 1.03. The standard InChI is InChI=1S/C17H17NO/c1-2-11-19-15-9-7-13(8-10-15)17-12-14-5-3-4-6-16(14)18-17/h3-10,12,18H,2,11H2,1H3. The van der Waals surface area contributed by atoms with Crippen molar-refractivity contribution in [3.05, 3.63) is 54.6 Å². The van der Waals surface area contributed by atoms with Crippen molar-refractivity contribution in [1.29, 1.82) is 0 Å². The van der Waals surface area contributed by atoms with Crippen LogP contribution in [0.15, 0.2) is 54.6 Å². The van der Waals surface area contributed by atoms with Crippen LogP contribution in [0.25, 0.3) is 22.2 Å². The predicted octanol–water partition coefficient (Wildman–Crippen LogP) is 4.62. The van der Waals surface area contributed by atoms with Gasteiger partial charge < -0.3 is 9.72 Å². The lowest BCUT2D eigenvalue weighted by molar-refractivity contribution is 0.317. The maximum Gasteiger partial charge on any atom is 0.119 e. The fourth-order valence-corrected chi connectivity index (χ4v) is 2.18. The van der Waals surface area contributed by atoms with Crippen LogP contribution in [0.3, 0.4) is 0 Å². The Kier molecular flexibility index (Phi) is 3.23. The maximum atomic E-state index is 5.59. The second kappa shape index (κ2) is 5.19. The molecule has 0 amide bonds. The predicted molar refractivity (Wildman–Crippen MR) is 79.5 cm³/mol. The van der Waals surface area contributed by atoms with E-state index in [1.807, 2.05) is 18.2 Å². The highest BCUT2D eigenvalue weighted by Crippen LogP contribution is 2.25. The Bertz CT molecular complexity index is 634. The first-order chi connectivity index (χ1) is 9.36. The summed E-state index contributed by atoms with van der Waals surface area (Å²) in [5.41, 5.74) is 3.49. The van der Waals surface area contributed by atoms with E-state index in [0.717, 1.165) is 24.5 Å². The Balaban J connectivity index is 1.88. The summed E-state index contributed by atoms with van der Waals surface area (Å²) in [6, 6.07) is 18.7. The molecule has 0 spiro atoms. The molecule has 2 aromatic carbocycles. The van der Waals surface area contributed by atoms with Crippen LogP contribution in [0.1, 0.15) is 13.3 Å². The van der Waals surface area contributed by atoms with Crippen molar-refractivity contribution in [2.24, 2.45) is 0 Å². The summed E-state index contributed by atoms with van der Waals surface area (Å²) in [6.45, 7) is 2.88. The van der Waals surface area contributed by atoms with Crippen molar-refractivity contribution in [3.63, 3.8) is 0 Å². The molecule has 0 saturated carbocycles. The molecule has 2 heteroatoms. The van der Waals surface area contributed by atoms with Crippen molar-refractivity contribution in [3.8, 4) is 17.0 Å². The number of aromatic nitrogens is 1. The van der Waals surface area contributed by atoms with Gasteiger partial charge in [0.2, 0.25) is 0 Å². The molecule has 0 saturated heterocycles. The molecule has 1 aromatic heterocycles. The highest BCUT2D eigenvalue weighted by Gasteiger charge is 2.03. The SMILES string of the molecule is CCCOc1ccc(-c2cc3ccccc3[nH]2)cc1. The van der Waals surface area contributed by atoms with Gasteiger partial charge in [-0.3, -0.25) is 0 Å². The van der Waals surface area contributed by atoms with Crippen molar-refractivity contribution >= 4 is 10.9 Å². The molecule has 0 aliphatic rings. The topological polar surface area (TPSA) is 25.0 Å². The first-order valence-corrected chi connectivity index (χ1v) is 6.68. The van der Waals surface area contributed by atoms with Gasteiger partial charge in [0.15, 0.2) is 0 Å². The van der Waals surface area contributed by atoms with Crippen molar-refractivity contribution in [1.82, 2.24) is 4.98 Å².